The zero-order valence-electron chi connectivity index (χ0n) is 11.4. The molecular weight excluding hydrogens is 236 g/mol. The van der Waals surface area contributed by atoms with Gasteiger partial charge in [0.15, 0.2) is 11.5 Å². The van der Waals surface area contributed by atoms with Crippen molar-refractivity contribution >= 4 is 0 Å². The molecule has 2 heteroatoms. The molecule has 19 heavy (non-hydrogen) atoms. The van der Waals surface area contributed by atoms with Crippen LogP contribution in [0.4, 0.5) is 0 Å². The Hall–Kier alpha value is -1.96. The summed E-state index contributed by atoms with van der Waals surface area (Å²) >= 11 is 0. The van der Waals surface area contributed by atoms with Gasteiger partial charge in [0.05, 0.1) is 0 Å². The van der Waals surface area contributed by atoms with Crippen molar-refractivity contribution < 1.29 is 10.2 Å². The molecule has 0 saturated carbocycles. The van der Waals surface area contributed by atoms with E-state index in [0.717, 1.165) is 18.4 Å². The predicted molar refractivity (Wildman–Crippen MR) is 77.6 cm³/mol. The van der Waals surface area contributed by atoms with E-state index in [1.807, 2.05) is 24.3 Å². The lowest BCUT2D eigenvalue weighted by Gasteiger charge is -2.33. The SMILES string of the molecule is CCC(CC)(c1ccccc1)c1ccc(O)c(O)c1. The molecule has 0 aliphatic rings. The van der Waals surface area contributed by atoms with E-state index in [-0.39, 0.29) is 16.9 Å². The van der Waals surface area contributed by atoms with Gasteiger partial charge in [0, 0.05) is 5.41 Å². The fourth-order valence-electron chi connectivity index (χ4n) is 2.81. The van der Waals surface area contributed by atoms with Crippen molar-refractivity contribution in [2.75, 3.05) is 0 Å². The molecule has 2 aromatic carbocycles. The third-order valence-corrected chi connectivity index (χ3v) is 4.06. The molecule has 0 fully saturated rings. The van der Waals surface area contributed by atoms with E-state index in [4.69, 9.17) is 0 Å². The van der Waals surface area contributed by atoms with Crippen LogP contribution in [0.3, 0.4) is 0 Å². The normalized spacial score (nSPS) is 11.5. The first-order valence-electron chi connectivity index (χ1n) is 6.72. The lowest BCUT2D eigenvalue weighted by Crippen LogP contribution is -2.25. The van der Waals surface area contributed by atoms with Gasteiger partial charge in [-0.15, -0.1) is 0 Å². The highest BCUT2D eigenvalue weighted by Crippen LogP contribution is 2.41. The van der Waals surface area contributed by atoms with Crippen molar-refractivity contribution in [3.8, 4) is 11.5 Å². The van der Waals surface area contributed by atoms with Gasteiger partial charge in [0.2, 0.25) is 0 Å². The molecule has 0 radical (unpaired) electrons. The van der Waals surface area contributed by atoms with Crippen LogP contribution in [-0.2, 0) is 5.41 Å². The quantitative estimate of drug-likeness (QED) is 0.805. The Morgan fingerprint density at radius 2 is 1.42 bits per heavy atom. The van der Waals surface area contributed by atoms with E-state index in [1.54, 1.807) is 12.1 Å². The molecule has 0 heterocycles. The molecule has 0 aromatic heterocycles. The van der Waals surface area contributed by atoms with E-state index < -0.39 is 0 Å². The number of rotatable bonds is 4. The maximum atomic E-state index is 9.75. The van der Waals surface area contributed by atoms with Gasteiger partial charge in [-0.05, 0) is 36.1 Å². The fourth-order valence-corrected chi connectivity index (χ4v) is 2.81. The van der Waals surface area contributed by atoms with Gasteiger partial charge in [-0.3, -0.25) is 0 Å². The summed E-state index contributed by atoms with van der Waals surface area (Å²) in [7, 11) is 0. The second kappa shape index (κ2) is 5.35. The lowest BCUT2D eigenvalue weighted by atomic mass is 9.70. The maximum Gasteiger partial charge on any atom is 0.157 e. The van der Waals surface area contributed by atoms with Crippen LogP contribution in [0.15, 0.2) is 48.5 Å². The standard InChI is InChI=1S/C17H20O2/c1-3-17(4-2,13-8-6-5-7-9-13)14-10-11-15(18)16(19)12-14/h5-12,18-19H,3-4H2,1-2H3. The number of phenols is 2. The monoisotopic (exact) mass is 256 g/mol. The minimum absolute atomic E-state index is 0.0558. The fraction of sp³-hybridized carbons (Fsp3) is 0.294. The Morgan fingerprint density at radius 1 is 0.789 bits per heavy atom. The number of aromatic hydroxyl groups is 2. The molecule has 0 bridgehead atoms. The van der Waals surface area contributed by atoms with Crippen LogP contribution in [0.2, 0.25) is 0 Å². The largest absolute Gasteiger partial charge is 0.504 e. The van der Waals surface area contributed by atoms with Crippen LogP contribution in [0, 0.1) is 0 Å². The number of hydrogen-bond acceptors (Lipinski definition) is 2. The number of phenolic OH excluding ortho intramolecular Hbond substituents is 2. The van der Waals surface area contributed by atoms with Gasteiger partial charge in [0.25, 0.3) is 0 Å². The summed E-state index contributed by atoms with van der Waals surface area (Å²) < 4.78 is 0. The number of benzene rings is 2. The summed E-state index contributed by atoms with van der Waals surface area (Å²) in [5, 5.41) is 19.2. The van der Waals surface area contributed by atoms with Crippen LogP contribution in [0.1, 0.15) is 37.8 Å². The minimum Gasteiger partial charge on any atom is -0.504 e. The van der Waals surface area contributed by atoms with Crippen molar-refractivity contribution in [3.05, 3.63) is 59.7 Å². The predicted octanol–water partition coefficient (Wildman–Crippen LogP) is 4.20. The van der Waals surface area contributed by atoms with Gasteiger partial charge in [-0.1, -0.05) is 50.2 Å². The Balaban J connectivity index is 2.59. The second-order valence-electron chi connectivity index (χ2n) is 4.86. The average molecular weight is 256 g/mol. The molecule has 0 atom stereocenters. The molecular formula is C17H20O2. The Bertz CT molecular complexity index is 542. The zero-order chi connectivity index (χ0) is 13.9. The molecule has 2 rings (SSSR count). The molecule has 2 N–H and O–H groups in total. The lowest BCUT2D eigenvalue weighted by molar-refractivity contribution is 0.399. The molecule has 0 unspecified atom stereocenters. The van der Waals surface area contributed by atoms with E-state index in [1.165, 1.54) is 5.56 Å². The van der Waals surface area contributed by atoms with Crippen molar-refractivity contribution in [1.29, 1.82) is 0 Å². The molecule has 2 aromatic rings. The summed E-state index contributed by atoms with van der Waals surface area (Å²) in [6, 6.07) is 15.5. The van der Waals surface area contributed by atoms with Gasteiger partial charge in [-0.2, -0.15) is 0 Å². The number of hydrogen-bond donors (Lipinski definition) is 2. The van der Waals surface area contributed by atoms with Crippen molar-refractivity contribution in [3.63, 3.8) is 0 Å². The third-order valence-electron chi connectivity index (χ3n) is 4.06. The molecule has 100 valence electrons. The first-order chi connectivity index (χ1) is 9.14. The second-order valence-corrected chi connectivity index (χ2v) is 4.86. The van der Waals surface area contributed by atoms with Gasteiger partial charge in [0.1, 0.15) is 0 Å². The van der Waals surface area contributed by atoms with Gasteiger partial charge >= 0.3 is 0 Å². The van der Waals surface area contributed by atoms with Crippen LogP contribution in [-0.4, -0.2) is 10.2 Å². The summed E-state index contributed by atoms with van der Waals surface area (Å²) in [4.78, 5) is 0. The van der Waals surface area contributed by atoms with Crippen molar-refractivity contribution in [1.82, 2.24) is 0 Å². The minimum atomic E-state index is -0.119. The third kappa shape index (κ3) is 2.30. The van der Waals surface area contributed by atoms with Crippen LogP contribution in [0.25, 0.3) is 0 Å². The average Bonchev–Trinajstić information content (AvgIpc) is 2.46. The molecule has 0 spiro atoms. The van der Waals surface area contributed by atoms with Crippen LogP contribution in [0.5, 0.6) is 11.5 Å². The zero-order valence-corrected chi connectivity index (χ0v) is 11.4. The Labute approximate surface area is 114 Å². The van der Waals surface area contributed by atoms with E-state index in [0.29, 0.717) is 0 Å². The maximum absolute atomic E-state index is 9.75. The first-order valence-corrected chi connectivity index (χ1v) is 6.72. The Kier molecular flexibility index (Phi) is 3.79. The summed E-state index contributed by atoms with van der Waals surface area (Å²) in [5.41, 5.74) is 2.16. The highest BCUT2D eigenvalue weighted by molar-refractivity contribution is 5.47. The van der Waals surface area contributed by atoms with Crippen molar-refractivity contribution in [2.24, 2.45) is 0 Å². The highest BCUT2D eigenvalue weighted by atomic mass is 16.3. The molecule has 0 aliphatic carbocycles. The van der Waals surface area contributed by atoms with E-state index in [2.05, 4.69) is 26.0 Å². The highest BCUT2D eigenvalue weighted by Gasteiger charge is 2.30. The van der Waals surface area contributed by atoms with E-state index >= 15 is 0 Å². The summed E-state index contributed by atoms with van der Waals surface area (Å²) in [6.07, 6.45) is 1.88. The van der Waals surface area contributed by atoms with Crippen LogP contribution < -0.4 is 0 Å². The summed E-state index contributed by atoms with van der Waals surface area (Å²) in [6.45, 7) is 4.31. The van der Waals surface area contributed by atoms with Gasteiger partial charge in [-0.25, -0.2) is 0 Å². The topological polar surface area (TPSA) is 40.5 Å². The van der Waals surface area contributed by atoms with E-state index in [9.17, 15) is 10.2 Å². The molecule has 0 saturated heterocycles. The molecule has 0 amide bonds. The summed E-state index contributed by atoms with van der Waals surface area (Å²) in [5.74, 6) is -0.127. The van der Waals surface area contributed by atoms with Gasteiger partial charge < -0.3 is 10.2 Å². The van der Waals surface area contributed by atoms with Crippen LogP contribution >= 0.6 is 0 Å². The van der Waals surface area contributed by atoms with Crippen molar-refractivity contribution in [2.45, 2.75) is 32.1 Å². The first kappa shape index (κ1) is 13.5. The molecule has 2 nitrogen and oxygen atoms in total. The molecule has 0 aliphatic heterocycles. The smallest absolute Gasteiger partial charge is 0.157 e. The Morgan fingerprint density at radius 3 is 1.95 bits per heavy atom.